The van der Waals surface area contributed by atoms with E-state index in [9.17, 15) is 4.79 Å². The Morgan fingerprint density at radius 1 is 1.20 bits per heavy atom. The zero-order chi connectivity index (χ0) is 18.4. The lowest BCUT2D eigenvalue weighted by atomic mass is 9.81. The number of hydrogen-bond donors (Lipinski definition) is 0. The minimum atomic E-state index is -0.191. The van der Waals surface area contributed by atoms with Crippen LogP contribution >= 0.6 is 15.9 Å². The molecule has 5 nitrogen and oxygen atoms in total. The van der Waals surface area contributed by atoms with Crippen LogP contribution in [0, 0.1) is 11.3 Å². The van der Waals surface area contributed by atoms with Gasteiger partial charge in [-0.05, 0) is 52.8 Å². The molecule has 0 radical (unpaired) electrons. The highest BCUT2D eigenvalue weighted by molar-refractivity contribution is 9.10. The molecule has 0 unspecified atom stereocenters. The molecule has 1 aliphatic carbocycles. The van der Waals surface area contributed by atoms with E-state index in [0.717, 1.165) is 16.0 Å². The van der Waals surface area contributed by atoms with Gasteiger partial charge in [0.25, 0.3) is 0 Å². The number of aromatic nitrogens is 4. The second-order valence-electron chi connectivity index (χ2n) is 8.73. The molecule has 1 aromatic heterocycles. The molecule has 1 fully saturated rings. The third kappa shape index (κ3) is 4.00. The first-order chi connectivity index (χ1) is 11.6. The molecule has 0 atom stereocenters. The molecule has 3 rings (SSSR count). The predicted molar refractivity (Wildman–Crippen MR) is 101 cm³/mol. The molecular formula is C19H25BrN4O. The molecule has 1 saturated carbocycles. The van der Waals surface area contributed by atoms with Gasteiger partial charge >= 0.3 is 0 Å². The van der Waals surface area contributed by atoms with Crippen molar-refractivity contribution in [2.24, 2.45) is 11.3 Å². The predicted octanol–water partition coefficient (Wildman–Crippen LogP) is 4.73. The molecular weight excluding hydrogens is 380 g/mol. The molecule has 2 aromatic rings. The van der Waals surface area contributed by atoms with Crippen molar-refractivity contribution in [1.82, 2.24) is 20.2 Å². The monoisotopic (exact) mass is 404 g/mol. The van der Waals surface area contributed by atoms with Crippen LogP contribution in [0.15, 0.2) is 22.7 Å². The number of rotatable bonds is 5. The van der Waals surface area contributed by atoms with E-state index in [1.807, 2.05) is 18.2 Å². The Bertz CT molecular complexity index is 800. The largest absolute Gasteiger partial charge is 0.294 e. The Hall–Kier alpha value is -1.56. The molecule has 6 heteroatoms. The number of ketones is 1. The van der Waals surface area contributed by atoms with E-state index in [1.165, 1.54) is 12.8 Å². The van der Waals surface area contributed by atoms with Crippen LogP contribution in [0.3, 0.4) is 0 Å². The van der Waals surface area contributed by atoms with Crippen LogP contribution < -0.4 is 0 Å². The van der Waals surface area contributed by atoms with Crippen molar-refractivity contribution in [3.63, 3.8) is 0 Å². The normalized spacial score (nSPS) is 15.4. The van der Waals surface area contributed by atoms with Gasteiger partial charge in [-0.3, -0.25) is 4.79 Å². The Balaban J connectivity index is 1.94. The van der Waals surface area contributed by atoms with Gasteiger partial charge in [0.05, 0.1) is 5.69 Å². The van der Waals surface area contributed by atoms with Crippen LogP contribution in [0.1, 0.15) is 70.1 Å². The summed E-state index contributed by atoms with van der Waals surface area (Å²) in [6, 6.07) is 5.71. The standard InChI is InChI=1S/C19H25BrN4O/c1-18(2,3)17-21-22-23-24(17)15-9-12(8-14(20)10-15)16(25)11-19(4,5)13-6-7-13/h8-10,13H,6-7,11H2,1-5H3. The first-order valence-corrected chi connectivity index (χ1v) is 9.50. The van der Waals surface area contributed by atoms with E-state index in [2.05, 4.69) is 66.1 Å². The molecule has 1 aliphatic rings. The van der Waals surface area contributed by atoms with Crippen molar-refractivity contribution in [3.05, 3.63) is 34.1 Å². The molecule has 1 heterocycles. The fraction of sp³-hybridized carbons (Fsp3) is 0.579. The van der Waals surface area contributed by atoms with Gasteiger partial charge < -0.3 is 0 Å². The second kappa shape index (κ2) is 6.31. The van der Waals surface area contributed by atoms with Crippen molar-refractivity contribution in [2.75, 3.05) is 0 Å². The number of nitrogens with zero attached hydrogens (tertiary/aromatic N) is 4. The van der Waals surface area contributed by atoms with Gasteiger partial charge in [-0.25, -0.2) is 0 Å². The maximum atomic E-state index is 12.9. The van der Waals surface area contributed by atoms with Gasteiger partial charge in [-0.15, -0.1) is 5.10 Å². The van der Waals surface area contributed by atoms with Crippen LogP contribution in [0.4, 0.5) is 0 Å². The summed E-state index contributed by atoms with van der Waals surface area (Å²) in [6.45, 7) is 10.6. The zero-order valence-electron chi connectivity index (χ0n) is 15.5. The molecule has 0 aliphatic heterocycles. The van der Waals surface area contributed by atoms with Gasteiger partial charge in [0.1, 0.15) is 0 Å². The first kappa shape index (κ1) is 18.2. The van der Waals surface area contributed by atoms with Gasteiger partial charge in [-0.2, -0.15) is 4.68 Å². The minimum absolute atomic E-state index is 0.0605. The van der Waals surface area contributed by atoms with Gasteiger partial charge in [0.2, 0.25) is 0 Å². The van der Waals surface area contributed by atoms with E-state index >= 15 is 0 Å². The molecule has 1 aromatic carbocycles. The van der Waals surface area contributed by atoms with Crippen LogP contribution in [-0.2, 0) is 5.41 Å². The number of carbonyl (C=O) groups is 1. The van der Waals surface area contributed by atoms with Crippen LogP contribution in [0.5, 0.6) is 0 Å². The molecule has 0 spiro atoms. The fourth-order valence-corrected chi connectivity index (χ4v) is 3.69. The summed E-state index contributed by atoms with van der Waals surface area (Å²) in [5, 5.41) is 12.1. The molecule has 134 valence electrons. The SMILES string of the molecule is CC(C)(C)c1nnnn1-c1cc(Br)cc(C(=O)CC(C)(C)C2CC2)c1. The molecule has 0 amide bonds. The lowest BCUT2D eigenvalue weighted by Crippen LogP contribution is -2.20. The van der Waals surface area contributed by atoms with E-state index in [-0.39, 0.29) is 16.6 Å². The Kier molecular flexibility index (Phi) is 4.60. The summed E-state index contributed by atoms with van der Waals surface area (Å²) in [6.07, 6.45) is 3.04. The lowest BCUT2D eigenvalue weighted by molar-refractivity contribution is 0.0917. The Morgan fingerprint density at radius 3 is 2.48 bits per heavy atom. The highest BCUT2D eigenvalue weighted by Crippen LogP contribution is 2.47. The number of halogens is 1. The summed E-state index contributed by atoms with van der Waals surface area (Å²) >= 11 is 3.53. The minimum Gasteiger partial charge on any atom is -0.294 e. The number of hydrogen-bond acceptors (Lipinski definition) is 4. The van der Waals surface area contributed by atoms with Gasteiger partial charge in [0.15, 0.2) is 11.6 Å². The summed E-state index contributed by atoms with van der Waals surface area (Å²) in [5.41, 5.74) is 1.37. The van der Waals surface area contributed by atoms with Crippen molar-refractivity contribution >= 4 is 21.7 Å². The van der Waals surface area contributed by atoms with Crippen molar-refractivity contribution in [3.8, 4) is 5.69 Å². The van der Waals surface area contributed by atoms with E-state index < -0.39 is 0 Å². The third-order valence-electron chi connectivity index (χ3n) is 4.89. The average Bonchev–Trinajstić information content (AvgIpc) is 3.23. The Morgan fingerprint density at radius 2 is 1.88 bits per heavy atom. The number of tetrazole rings is 1. The van der Waals surface area contributed by atoms with Crippen molar-refractivity contribution < 1.29 is 4.79 Å². The first-order valence-electron chi connectivity index (χ1n) is 8.71. The molecule has 0 N–H and O–H groups in total. The maximum absolute atomic E-state index is 12.9. The molecule has 0 saturated heterocycles. The van der Waals surface area contributed by atoms with Crippen LogP contribution in [-0.4, -0.2) is 26.0 Å². The topological polar surface area (TPSA) is 60.7 Å². The lowest BCUT2D eigenvalue weighted by Gasteiger charge is -2.23. The average molecular weight is 405 g/mol. The van der Waals surface area contributed by atoms with E-state index in [1.54, 1.807) is 4.68 Å². The second-order valence-corrected chi connectivity index (χ2v) is 9.64. The number of carbonyl (C=O) groups excluding carboxylic acids is 1. The third-order valence-corrected chi connectivity index (χ3v) is 5.35. The van der Waals surface area contributed by atoms with Crippen LogP contribution in [0.25, 0.3) is 5.69 Å². The summed E-state index contributed by atoms with van der Waals surface area (Å²) in [4.78, 5) is 12.9. The van der Waals surface area contributed by atoms with E-state index in [0.29, 0.717) is 17.9 Å². The summed E-state index contributed by atoms with van der Waals surface area (Å²) in [5.74, 6) is 1.61. The maximum Gasteiger partial charge on any atom is 0.163 e. The summed E-state index contributed by atoms with van der Waals surface area (Å²) < 4.78 is 2.57. The smallest absolute Gasteiger partial charge is 0.163 e. The van der Waals surface area contributed by atoms with Gasteiger partial charge in [0, 0.05) is 21.9 Å². The van der Waals surface area contributed by atoms with Crippen molar-refractivity contribution in [1.29, 1.82) is 0 Å². The summed E-state index contributed by atoms with van der Waals surface area (Å²) in [7, 11) is 0. The van der Waals surface area contributed by atoms with Crippen molar-refractivity contribution in [2.45, 2.75) is 59.3 Å². The molecule has 25 heavy (non-hydrogen) atoms. The fourth-order valence-electron chi connectivity index (χ4n) is 3.21. The van der Waals surface area contributed by atoms with E-state index in [4.69, 9.17) is 0 Å². The van der Waals surface area contributed by atoms with Gasteiger partial charge in [-0.1, -0.05) is 50.5 Å². The zero-order valence-corrected chi connectivity index (χ0v) is 17.1. The number of benzene rings is 1. The Labute approximate surface area is 157 Å². The quantitative estimate of drug-likeness (QED) is 0.675. The molecule has 0 bridgehead atoms. The highest BCUT2D eigenvalue weighted by atomic mass is 79.9. The highest BCUT2D eigenvalue weighted by Gasteiger charge is 2.39. The van der Waals surface area contributed by atoms with Crippen LogP contribution in [0.2, 0.25) is 0 Å². The number of Topliss-reactive ketones (excluding diaryl/α,β-unsaturated/α-hetero) is 1.